The van der Waals surface area contributed by atoms with Crippen LogP contribution >= 0.6 is 0 Å². The highest BCUT2D eigenvalue weighted by Gasteiger charge is 2.66. The van der Waals surface area contributed by atoms with Gasteiger partial charge in [0, 0.05) is 6.92 Å². The molecule has 0 saturated heterocycles. The lowest BCUT2D eigenvalue weighted by Gasteiger charge is -2.65. The molecule has 0 aromatic carbocycles. The first-order valence-electron chi connectivity index (χ1n) is 14.3. The van der Waals surface area contributed by atoms with Gasteiger partial charge in [0.2, 0.25) is 0 Å². The number of carbonyl (C=O) groups excluding carboxylic acids is 1. The third-order valence-electron chi connectivity index (χ3n) is 11.2. The molecule has 34 heavy (non-hydrogen) atoms. The lowest BCUT2D eigenvalue weighted by Crippen LogP contribution is -2.57. The number of hydrogen-bond acceptors (Lipinski definition) is 2. The Hall–Kier alpha value is -1.05. The van der Waals surface area contributed by atoms with Crippen molar-refractivity contribution < 1.29 is 9.53 Å². The highest BCUT2D eigenvalue weighted by Crippen LogP contribution is 2.74. The fourth-order valence-electron chi connectivity index (χ4n) is 9.25. The molecule has 0 N–H and O–H groups in total. The topological polar surface area (TPSA) is 26.3 Å². The van der Waals surface area contributed by atoms with Crippen molar-refractivity contribution in [2.24, 2.45) is 39.9 Å². The van der Waals surface area contributed by atoms with E-state index in [1.54, 1.807) is 5.57 Å². The molecule has 194 valence electrons. The summed E-state index contributed by atoms with van der Waals surface area (Å²) in [6, 6.07) is 0. The average molecular weight is 471 g/mol. The number of allylic oxidation sites excluding steroid dienone is 4. The van der Waals surface area contributed by atoms with E-state index in [4.69, 9.17) is 4.74 Å². The summed E-state index contributed by atoms with van der Waals surface area (Å²) in [6.07, 6.45) is 15.4. The smallest absolute Gasteiger partial charge is 0.302 e. The second kappa shape index (κ2) is 10.5. The van der Waals surface area contributed by atoms with Gasteiger partial charge in [-0.3, -0.25) is 4.79 Å². The number of carbonyl (C=O) groups is 1. The van der Waals surface area contributed by atoms with Gasteiger partial charge in [-0.05, 0) is 132 Å². The van der Waals surface area contributed by atoms with Crippen molar-refractivity contribution in [1.29, 1.82) is 0 Å². The second-order valence-corrected chi connectivity index (χ2v) is 13.5. The third-order valence-corrected chi connectivity index (χ3v) is 11.2. The molecule has 0 aromatic heterocycles. The molecule has 0 radical (unpaired) electrons. The molecule has 0 amide bonds. The van der Waals surface area contributed by atoms with Crippen molar-refractivity contribution in [3.8, 4) is 0 Å². The molecule has 3 aliphatic rings. The Morgan fingerprint density at radius 1 is 1.03 bits per heavy atom. The Balaban J connectivity index is 1.84. The molecule has 0 unspecified atom stereocenters. The van der Waals surface area contributed by atoms with Crippen LogP contribution in [0, 0.1) is 39.9 Å². The fraction of sp³-hybridized carbons (Fsp3) is 0.844. The number of hydrogen-bond donors (Lipinski definition) is 0. The van der Waals surface area contributed by atoms with Crippen molar-refractivity contribution in [1.82, 2.24) is 0 Å². The summed E-state index contributed by atoms with van der Waals surface area (Å²) >= 11 is 0. The number of ether oxygens (including phenoxy) is 1. The van der Waals surface area contributed by atoms with Crippen LogP contribution in [0.3, 0.4) is 0 Å². The van der Waals surface area contributed by atoms with E-state index in [1.807, 2.05) is 0 Å². The number of fused-ring (bicyclic) bond motifs is 3. The minimum atomic E-state index is -0.146. The van der Waals surface area contributed by atoms with E-state index in [0.717, 1.165) is 30.6 Å². The SMILES string of the molecule is CC(=O)OCCC[C@@H]1C(=C(C)C)CC[C@H]2[C@@]1(C)CC[C@@]1(C)[C@H]([C@@H](C)CCC=C(C)C)CC[C@]21C. The molecule has 2 heteroatoms. The zero-order chi connectivity index (χ0) is 25.3. The molecular weight excluding hydrogens is 416 g/mol. The van der Waals surface area contributed by atoms with Gasteiger partial charge in [-0.15, -0.1) is 0 Å². The fourth-order valence-corrected chi connectivity index (χ4v) is 9.25. The van der Waals surface area contributed by atoms with Gasteiger partial charge in [-0.1, -0.05) is 50.5 Å². The van der Waals surface area contributed by atoms with E-state index in [2.05, 4.69) is 61.5 Å². The van der Waals surface area contributed by atoms with Crippen LogP contribution in [0.5, 0.6) is 0 Å². The van der Waals surface area contributed by atoms with Gasteiger partial charge in [0.1, 0.15) is 0 Å². The Kier molecular flexibility index (Phi) is 8.52. The molecular formula is C32H54O2. The lowest BCUT2D eigenvalue weighted by molar-refractivity contribution is -0.146. The Bertz CT molecular complexity index is 798. The van der Waals surface area contributed by atoms with Crippen LogP contribution in [0.15, 0.2) is 22.8 Å². The zero-order valence-corrected chi connectivity index (χ0v) is 24.0. The largest absolute Gasteiger partial charge is 0.466 e. The first-order valence-corrected chi connectivity index (χ1v) is 14.3. The quantitative estimate of drug-likeness (QED) is 0.201. The molecule has 0 bridgehead atoms. The van der Waals surface area contributed by atoms with Crippen molar-refractivity contribution in [2.45, 2.75) is 127 Å². The Labute approximate surface area is 211 Å². The minimum absolute atomic E-state index is 0.146. The van der Waals surface area contributed by atoms with Crippen LogP contribution in [0.1, 0.15) is 127 Å². The average Bonchev–Trinajstić information content (AvgIpc) is 3.02. The van der Waals surface area contributed by atoms with Gasteiger partial charge in [0.25, 0.3) is 0 Å². The van der Waals surface area contributed by atoms with Crippen LogP contribution in [0.25, 0.3) is 0 Å². The summed E-state index contributed by atoms with van der Waals surface area (Å²) in [6.45, 7) is 21.8. The van der Waals surface area contributed by atoms with Crippen LogP contribution in [-0.4, -0.2) is 12.6 Å². The second-order valence-electron chi connectivity index (χ2n) is 13.5. The zero-order valence-electron chi connectivity index (χ0n) is 24.0. The monoisotopic (exact) mass is 470 g/mol. The van der Waals surface area contributed by atoms with Gasteiger partial charge in [-0.25, -0.2) is 0 Å². The van der Waals surface area contributed by atoms with Crippen LogP contribution in [0.2, 0.25) is 0 Å². The molecule has 0 aromatic rings. The molecule has 3 aliphatic carbocycles. The van der Waals surface area contributed by atoms with Gasteiger partial charge >= 0.3 is 5.97 Å². The number of esters is 1. The maximum atomic E-state index is 11.3. The standard InChI is InChI=1S/C32H54O2/c1-22(2)12-10-13-24(5)27-17-18-32(9)29-16-15-26(23(3)4)28(14-11-21-34-25(6)33)30(29,7)19-20-31(27,32)8/h12,24,27-29H,10-11,13-21H2,1-9H3/t24-,27-,28+,29-,30-,31-,32+/m0/s1. The highest BCUT2D eigenvalue weighted by molar-refractivity contribution is 5.65. The molecule has 3 saturated carbocycles. The summed E-state index contributed by atoms with van der Waals surface area (Å²) in [7, 11) is 0. The van der Waals surface area contributed by atoms with Gasteiger partial charge in [0.15, 0.2) is 0 Å². The van der Waals surface area contributed by atoms with Crippen molar-refractivity contribution in [2.75, 3.05) is 6.61 Å². The first kappa shape index (κ1) is 27.5. The van der Waals surface area contributed by atoms with E-state index in [0.29, 0.717) is 28.8 Å². The van der Waals surface area contributed by atoms with E-state index in [1.165, 1.54) is 69.4 Å². The molecule has 0 aliphatic heterocycles. The van der Waals surface area contributed by atoms with E-state index in [-0.39, 0.29) is 5.97 Å². The summed E-state index contributed by atoms with van der Waals surface area (Å²) in [5, 5.41) is 0. The summed E-state index contributed by atoms with van der Waals surface area (Å²) in [4.78, 5) is 11.3. The maximum Gasteiger partial charge on any atom is 0.302 e. The predicted molar refractivity (Wildman–Crippen MR) is 145 cm³/mol. The predicted octanol–water partition coefficient (Wildman–Crippen LogP) is 9.30. The van der Waals surface area contributed by atoms with Gasteiger partial charge in [0.05, 0.1) is 6.61 Å². The molecule has 3 rings (SSSR count). The Morgan fingerprint density at radius 2 is 1.74 bits per heavy atom. The minimum Gasteiger partial charge on any atom is -0.466 e. The van der Waals surface area contributed by atoms with Crippen LogP contribution in [0.4, 0.5) is 0 Å². The third kappa shape index (κ3) is 4.94. The summed E-state index contributed by atoms with van der Waals surface area (Å²) < 4.78 is 5.33. The van der Waals surface area contributed by atoms with Gasteiger partial charge in [-0.2, -0.15) is 0 Å². The van der Waals surface area contributed by atoms with E-state index in [9.17, 15) is 4.79 Å². The first-order chi connectivity index (χ1) is 15.9. The maximum absolute atomic E-state index is 11.3. The molecule has 7 atom stereocenters. The van der Waals surface area contributed by atoms with Crippen molar-refractivity contribution in [3.05, 3.63) is 22.8 Å². The normalized spacial score (nSPS) is 38.0. The Morgan fingerprint density at radius 3 is 2.35 bits per heavy atom. The molecule has 2 nitrogen and oxygen atoms in total. The summed E-state index contributed by atoms with van der Waals surface area (Å²) in [5.74, 6) is 2.97. The molecule has 0 heterocycles. The van der Waals surface area contributed by atoms with Crippen molar-refractivity contribution >= 4 is 5.97 Å². The highest BCUT2D eigenvalue weighted by atomic mass is 16.5. The van der Waals surface area contributed by atoms with Gasteiger partial charge < -0.3 is 4.74 Å². The van der Waals surface area contributed by atoms with Crippen LogP contribution < -0.4 is 0 Å². The van der Waals surface area contributed by atoms with E-state index >= 15 is 0 Å². The lowest BCUT2D eigenvalue weighted by atomic mass is 9.40. The molecule has 0 spiro atoms. The number of rotatable bonds is 8. The van der Waals surface area contributed by atoms with Crippen LogP contribution in [-0.2, 0) is 9.53 Å². The summed E-state index contributed by atoms with van der Waals surface area (Å²) in [5.41, 5.74) is 5.99. The van der Waals surface area contributed by atoms with E-state index < -0.39 is 0 Å². The molecule has 3 fully saturated rings. The van der Waals surface area contributed by atoms with Crippen molar-refractivity contribution in [3.63, 3.8) is 0 Å².